The zero-order valence-corrected chi connectivity index (χ0v) is 10.8. The lowest BCUT2D eigenvalue weighted by atomic mass is 10.1. The summed E-state index contributed by atoms with van der Waals surface area (Å²) in [5.41, 5.74) is 2.43. The van der Waals surface area contributed by atoms with Crippen LogP contribution in [0.3, 0.4) is 0 Å². The van der Waals surface area contributed by atoms with Crippen molar-refractivity contribution in [1.29, 1.82) is 0 Å². The van der Waals surface area contributed by atoms with E-state index in [0.29, 0.717) is 5.56 Å². The molecular formula is C13H16N4O. The van der Waals surface area contributed by atoms with Crippen LogP contribution >= 0.6 is 0 Å². The van der Waals surface area contributed by atoms with E-state index in [1.54, 1.807) is 29.2 Å². The number of carbonyl (C=O) groups is 1. The minimum absolute atomic E-state index is 0.0372. The van der Waals surface area contributed by atoms with Crippen molar-refractivity contribution in [3.05, 3.63) is 41.5 Å². The Bertz CT molecular complexity index is 592. The van der Waals surface area contributed by atoms with E-state index in [0.717, 1.165) is 17.8 Å². The Kier molecular flexibility index (Phi) is 3.41. The van der Waals surface area contributed by atoms with Gasteiger partial charge in [0.05, 0.1) is 18.0 Å². The van der Waals surface area contributed by atoms with Crippen molar-refractivity contribution in [2.75, 3.05) is 0 Å². The number of rotatable bonds is 4. The van der Waals surface area contributed by atoms with Gasteiger partial charge < -0.3 is 0 Å². The molecule has 0 aromatic carbocycles. The SMILES string of the molecule is CCn1cc(/C=C/C(=O)c2cnn(C)c2C)cn1. The molecule has 0 bridgehead atoms. The number of carbonyl (C=O) groups excluding carboxylic acids is 1. The van der Waals surface area contributed by atoms with Gasteiger partial charge in [0.1, 0.15) is 0 Å². The highest BCUT2D eigenvalue weighted by Crippen LogP contribution is 2.09. The highest BCUT2D eigenvalue weighted by Gasteiger charge is 2.09. The van der Waals surface area contributed by atoms with E-state index in [2.05, 4.69) is 10.2 Å². The second-order valence-electron chi connectivity index (χ2n) is 4.09. The van der Waals surface area contributed by atoms with Crippen molar-refractivity contribution in [3.8, 4) is 0 Å². The third-order valence-electron chi connectivity index (χ3n) is 2.91. The van der Waals surface area contributed by atoms with E-state index in [1.807, 2.05) is 31.8 Å². The molecule has 5 nitrogen and oxygen atoms in total. The molecule has 2 aromatic heterocycles. The Balaban J connectivity index is 2.14. The van der Waals surface area contributed by atoms with Crippen LogP contribution in [0.1, 0.15) is 28.5 Å². The summed E-state index contributed by atoms with van der Waals surface area (Å²) in [7, 11) is 1.82. The Morgan fingerprint density at radius 2 is 2.17 bits per heavy atom. The summed E-state index contributed by atoms with van der Waals surface area (Å²) in [6, 6.07) is 0. The standard InChI is InChI=1S/C13H16N4O/c1-4-17-9-11(7-15-17)5-6-13(18)12-8-14-16(3)10(12)2/h5-9H,4H2,1-3H3/b6-5+. The van der Waals surface area contributed by atoms with E-state index in [-0.39, 0.29) is 5.78 Å². The Hall–Kier alpha value is -2.17. The van der Waals surface area contributed by atoms with Crippen molar-refractivity contribution in [2.24, 2.45) is 7.05 Å². The summed E-state index contributed by atoms with van der Waals surface area (Å²) in [5.74, 6) is -0.0372. The molecule has 0 fully saturated rings. The van der Waals surface area contributed by atoms with Crippen molar-refractivity contribution in [1.82, 2.24) is 19.6 Å². The van der Waals surface area contributed by atoms with Gasteiger partial charge in [-0.05, 0) is 26.0 Å². The third-order valence-corrected chi connectivity index (χ3v) is 2.91. The number of aromatic nitrogens is 4. The summed E-state index contributed by atoms with van der Waals surface area (Å²) in [4.78, 5) is 12.0. The van der Waals surface area contributed by atoms with Crippen LogP contribution in [0, 0.1) is 6.92 Å². The molecule has 2 rings (SSSR count). The third kappa shape index (κ3) is 2.40. The van der Waals surface area contributed by atoms with Gasteiger partial charge >= 0.3 is 0 Å². The van der Waals surface area contributed by atoms with E-state index < -0.39 is 0 Å². The Morgan fingerprint density at radius 3 is 2.72 bits per heavy atom. The number of nitrogens with zero attached hydrogens (tertiary/aromatic N) is 4. The van der Waals surface area contributed by atoms with E-state index in [4.69, 9.17) is 0 Å². The highest BCUT2D eigenvalue weighted by atomic mass is 16.1. The molecule has 0 amide bonds. The van der Waals surface area contributed by atoms with Crippen LogP contribution in [0.2, 0.25) is 0 Å². The van der Waals surface area contributed by atoms with E-state index in [1.165, 1.54) is 0 Å². The topological polar surface area (TPSA) is 52.7 Å². The lowest BCUT2D eigenvalue weighted by molar-refractivity contribution is 0.104. The first-order valence-corrected chi connectivity index (χ1v) is 5.85. The fourth-order valence-electron chi connectivity index (χ4n) is 1.64. The molecule has 0 spiro atoms. The molecule has 0 aliphatic carbocycles. The van der Waals surface area contributed by atoms with E-state index in [9.17, 15) is 4.79 Å². The quantitative estimate of drug-likeness (QED) is 0.609. The van der Waals surface area contributed by atoms with Gasteiger partial charge in [-0.15, -0.1) is 0 Å². The van der Waals surface area contributed by atoms with Crippen LogP contribution in [-0.4, -0.2) is 25.3 Å². The second kappa shape index (κ2) is 5.00. The van der Waals surface area contributed by atoms with Gasteiger partial charge in [-0.3, -0.25) is 14.2 Å². The van der Waals surface area contributed by atoms with Gasteiger partial charge in [0, 0.05) is 31.0 Å². The maximum Gasteiger partial charge on any atom is 0.189 e. The molecule has 0 unspecified atom stereocenters. The fourth-order valence-corrected chi connectivity index (χ4v) is 1.64. The predicted octanol–water partition coefficient (Wildman–Crippen LogP) is 1.84. The van der Waals surface area contributed by atoms with Crippen LogP contribution in [0.15, 0.2) is 24.7 Å². The average Bonchev–Trinajstić information content (AvgIpc) is 2.95. The summed E-state index contributed by atoms with van der Waals surface area (Å²) >= 11 is 0. The van der Waals surface area contributed by atoms with Crippen molar-refractivity contribution in [3.63, 3.8) is 0 Å². The Labute approximate surface area is 106 Å². The molecule has 0 radical (unpaired) electrons. The lowest BCUT2D eigenvalue weighted by Crippen LogP contribution is -1.98. The minimum Gasteiger partial charge on any atom is -0.289 e. The normalized spacial score (nSPS) is 11.3. The molecule has 0 N–H and O–H groups in total. The summed E-state index contributed by atoms with van der Waals surface area (Å²) in [6.45, 7) is 4.72. The highest BCUT2D eigenvalue weighted by molar-refractivity contribution is 6.07. The largest absolute Gasteiger partial charge is 0.289 e. The smallest absolute Gasteiger partial charge is 0.189 e. The van der Waals surface area contributed by atoms with Gasteiger partial charge in [0.2, 0.25) is 0 Å². The molecule has 94 valence electrons. The summed E-state index contributed by atoms with van der Waals surface area (Å²) < 4.78 is 3.51. The molecule has 2 aromatic rings. The maximum absolute atomic E-state index is 12.0. The molecule has 2 heterocycles. The first kappa shape index (κ1) is 12.3. The first-order valence-electron chi connectivity index (χ1n) is 5.85. The second-order valence-corrected chi connectivity index (χ2v) is 4.09. The summed E-state index contributed by atoms with van der Waals surface area (Å²) in [5, 5.41) is 8.20. The van der Waals surface area contributed by atoms with Gasteiger partial charge in [-0.1, -0.05) is 0 Å². The molecule has 18 heavy (non-hydrogen) atoms. The van der Waals surface area contributed by atoms with Crippen LogP contribution < -0.4 is 0 Å². The molecule has 0 aliphatic rings. The molecule has 0 atom stereocenters. The number of ketones is 1. The van der Waals surface area contributed by atoms with Gasteiger partial charge in [0.15, 0.2) is 5.78 Å². The summed E-state index contributed by atoms with van der Waals surface area (Å²) in [6.07, 6.45) is 8.57. The van der Waals surface area contributed by atoms with Gasteiger partial charge in [-0.2, -0.15) is 10.2 Å². The predicted molar refractivity (Wildman–Crippen MR) is 69.2 cm³/mol. The Morgan fingerprint density at radius 1 is 1.39 bits per heavy atom. The number of hydrogen-bond donors (Lipinski definition) is 0. The number of aryl methyl sites for hydroxylation is 2. The van der Waals surface area contributed by atoms with Crippen LogP contribution in [-0.2, 0) is 13.6 Å². The van der Waals surface area contributed by atoms with Crippen molar-refractivity contribution >= 4 is 11.9 Å². The molecule has 0 saturated heterocycles. The monoisotopic (exact) mass is 244 g/mol. The molecule has 5 heteroatoms. The lowest BCUT2D eigenvalue weighted by Gasteiger charge is -1.95. The number of allylic oxidation sites excluding steroid dienone is 1. The minimum atomic E-state index is -0.0372. The molecule has 0 saturated carbocycles. The van der Waals surface area contributed by atoms with Gasteiger partial charge in [0.25, 0.3) is 0 Å². The maximum atomic E-state index is 12.0. The first-order chi connectivity index (χ1) is 8.61. The average molecular weight is 244 g/mol. The van der Waals surface area contributed by atoms with Crippen molar-refractivity contribution in [2.45, 2.75) is 20.4 Å². The molecular weight excluding hydrogens is 228 g/mol. The molecule has 0 aliphatic heterocycles. The number of hydrogen-bond acceptors (Lipinski definition) is 3. The van der Waals surface area contributed by atoms with Crippen LogP contribution in [0.4, 0.5) is 0 Å². The van der Waals surface area contributed by atoms with Crippen molar-refractivity contribution < 1.29 is 4.79 Å². The fraction of sp³-hybridized carbons (Fsp3) is 0.308. The zero-order chi connectivity index (χ0) is 13.1. The van der Waals surface area contributed by atoms with Gasteiger partial charge in [-0.25, -0.2) is 0 Å². The van der Waals surface area contributed by atoms with E-state index >= 15 is 0 Å². The zero-order valence-electron chi connectivity index (χ0n) is 10.8. The van der Waals surface area contributed by atoms with Crippen LogP contribution in [0.25, 0.3) is 6.08 Å². The van der Waals surface area contributed by atoms with Crippen LogP contribution in [0.5, 0.6) is 0 Å².